The molecule has 0 amide bonds. The Labute approximate surface area is 132 Å². The van der Waals surface area contributed by atoms with Crippen molar-refractivity contribution in [2.45, 2.75) is 25.2 Å². The first-order valence-electron chi connectivity index (χ1n) is 7.32. The lowest BCUT2D eigenvalue weighted by molar-refractivity contribution is 0.273. The fourth-order valence-corrected chi connectivity index (χ4v) is 5.35. The van der Waals surface area contributed by atoms with Crippen LogP contribution in [0.5, 0.6) is 0 Å². The highest BCUT2D eigenvalue weighted by Crippen LogP contribution is 2.19. The van der Waals surface area contributed by atoms with Crippen LogP contribution in [0, 0.1) is 6.92 Å². The van der Waals surface area contributed by atoms with Gasteiger partial charge in [-0.05, 0) is 25.5 Å². The van der Waals surface area contributed by atoms with E-state index in [1.165, 1.54) is 8.61 Å². The van der Waals surface area contributed by atoms with Crippen LogP contribution in [0.3, 0.4) is 0 Å². The lowest BCUT2D eigenvalue weighted by Gasteiger charge is -2.33. The largest absolute Gasteiger partial charge is 0.243 e. The van der Waals surface area contributed by atoms with E-state index in [4.69, 9.17) is 0 Å². The van der Waals surface area contributed by atoms with Gasteiger partial charge in [-0.3, -0.25) is 0 Å². The standard InChI is InChI=1S/C14H22N2O4S2/c1-3-12-21(17,18)15-8-10-16(11-9-15)22(19,20)14-6-4-13(2)5-7-14/h4-7H,3,8-12H2,1-2H3. The first-order chi connectivity index (χ1) is 10.3. The predicted molar refractivity (Wildman–Crippen MR) is 85.6 cm³/mol. The van der Waals surface area contributed by atoms with Crippen molar-refractivity contribution in [1.29, 1.82) is 0 Å². The minimum Gasteiger partial charge on any atom is -0.212 e. The lowest BCUT2D eigenvalue weighted by atomic mass is 10.2. The predicted octanol–water partition coefficient (Wildman–Crippen LogP) is 1.04. The van der Waals surface area contributed by atoms with E-state index in [1.54, 1.807) is 24.3 Å². The van der Waals surface area contributed by atoms with Gasteiger partial charge in [0.15, 0.2) is 0 Å². The van der Waals surface area contributed by atoms with Crippen LogP contribution in [0.1, 0.15) is 18.9 Å². The third-order valence-electron chi connectivity index (χ3n) is 3.71. The molecule has 1 aromatic rings. The Morgan fingerprint density at radius 3 is 1.91 bits per heavy atom. The molecule has 1 fully saturated rings. The molecule has 0 radical (unpaired) electrons. The zero-order valence-electron chi connectivity index (χ0n) is 12.9. The highest BCUT2D eigenvalue weighted by atomic mass is 32.2. The summed E-state index contributed by atoms with van der Waals surface area (Å²) in [4.78, 5) is 0.253. The summed E-state index contributed by atoms with van der Waals surface area (Å²) in [5.41, 5.74) is 0.995. The van der Waals surface area contributed by atoms with E-state index in [0.717, 1.165) is 5.56 Å². The second-order valence-corrected chi connectivity index (χ2v) is 9.46. The second-order valence-electron chi connectivity index (χ2n) is 5.43. The maximum Gasteiger partial charge on any atom is 0.243 e. The summed E-state index contributed by atoms with van der Waals surface area (Å²) in [6.07, 6.45) is 0.560. The van der Waals surface area contributed by atoms with Crippen LogP contribution in [0.15, 0.2) is 29.2 Å². The molecule has 0 aromatic heterocycles. The van der Waals surface area contributed by atoms with Crippen LogP contribution in [0.25, 0.3) is 0 Å². The molecule has 6 nitrogen and oxygen atoms in total. The smallest absolute Gasteiger partial charge is 0.212 e. The molecule has 0 atom stereocenters. The Morgan fingerprint density at radius 2 is 1.41 bits per heavy atom. The third-order valence-corrected chi connectivity index (χ3v) is 7.70. The second kappa shape index (κ2) is 6.66. The van der Waals surface area contributed by atoms with E-state index >= 15 is 0 Å². The van der Waals surface area contributed by atoms with Gasteiger partial charge in [0.1, 0.15) is 0 Å². The fraction of sp³-hybridized carbons (Fsp3) is 0.571. The number of hydrogen-bond donors (Lipinski definition) is 0. The molecule has 0 spiro atoms. The number of benzene rings is 1. The van der Waals surface area contributed by atoms with Gasteiger partial charge in [-0.25, -0.2) is 16.8 Å². The Bertz CT molecular complexity index is 704. The molecule has 0 aliphatic carbocycles. The maximum atomic E-state index is 12.5. The van der Waals surface area contributed by atoms with E-state index in [9.17, 15) is 16.8 Å². The molecule has 0 bridgehead atoms. The van der Waals surface area contributed by atoms with E-state index in [0.29, 0.717) is 6.42 Å². The van der Waals surface area contributed by atoms with Crippen LogP contribution in [-0.4, -0.2) is 57.4 Å². The summed E-state index contributed by atoms with van der Waals surface area (Å²) < 4.78 is 51.8. The van der Waals surface area contributed by atoms with E-state index < -0.39 is 20.0 Å². The van der Waals surface area contributed by atoms with Crippen LogP contribution in [0.2, 0.25) is 0 Å². The molecule has 0 unspecified atom stereocenters. The summed E-state index contributed by atoms with van der Waals surface area (Å²) >= 11 is 0. The zero-order valence-corrected chi connectivity index (χ0v) is 14.5. The van der Waals surface area contributed by atoms with E-state index in [2.05, 4.69) is 0 Å². The van der Waals surface area contributed by atoms with Crippen molar-refractivity contribution < 1.29 is 16.8 Å². The Morgan fingerprint density at radius 1 is 0.909 bits per heavy atom. The van der Waals surface area contributed by atoms with Crippen molar-refractivity contribution in [3.05, 3.63) is 29.8 Å². The zero-order chi connectivity index (χ0) is 16.4. The summed E-state index contributed by atoms with van der Waals surface area (Å²) in [5.74, 6) is 0.109. The molecule has 1 aliphatic heterocycles. The topological polar surface area (TPSA) is 74.8 Å². The van der Waals surface area contributed by atoms with Crippen molar-refractivity contribution in [2.24, 2.45) is 0 Å². The van der Waals surface area contributed by atoms with Gasteiger partial charge >= 0.3 is 0 Å². The minimum atomic E-state index is -3.55. The van der Waals surface area contributed by atoms with Gasteiger partial charge in [0.05, 0.1) is 10.6 Å². The molecule has 0 N–H and O–H groups in total. The van der Waals surface area contributed by atoms with E-state index in [-0.39, 0.29) is 36.8 Å². The number of rotatable bonds is 5. The summed E-state index contributed by atoms with van der Waals surface area (Å²) in [7, 11) is -6.81. The maximum absolute atomic E-state index is 12.5. The highest BCUT2D eigenvalue weighted by molar-refractivity contribution is 7.89. The van der Waals surface area contributed by atoms with Crippen molar-refractivity contribution >= 4 is 20.0 Å². The van der Waals surface area contributed by atoms with Gasteiger partial charge in [0, 0.05) is 26.2 Å². The number of piperazine rings is 1. The van der Waals surface area contributed by atoms with Gasteiger partial charge in [-0.1, -0.05) is 24.6 Å². The van der Waals surface area contributed by atoms with E-state index in [1.807, 2.05) is 13.8 Å². The third kappa shape index (κ3) is 3.68. The molecule has 2 rings (SSSR count). The van der Waals surface area contributed by atoms with Gasteiger partial charge in [0.25, 0.3) is 0 Å². The SMILES string of the molecule is CCCS(=O)(=O)N1CCN(S(=O)(=O)c2ccc(C)cc2)CC1. The normalized spacial score (nSPS) is 18.5. The first-order valence-corrected chi connectivity index (χ1v) is 10.4. The van der Waals surface area contributed by atoms with Crippen LogP contribution in [0.4, 0.5) is 0 Å². The molecule has 0 saturated carbocycles. The van der Waals surface area contributed by atoms with Crippen molar-refractivity contribution in [1.82, 2.24) is 8.61 Å². The van der Waals surface area contributed by atoms with Gasteiger partial charge < -0.3 is 0 Å². The van der Waals surface area contributed by atoms with Crippen molar-refractivity contribution in [3.63, 3.8) is 0 Å². The number of aryl methyl sites for hydroxylation is 1. The van der Waals surface area contributed by atoms with Crippen molar-refractivity contribution in [2.75, 3.05) is 31.9 Å². The summed E-state index contributed by atoms with van der Waals surface area (Å²) in [5, 5.41) is 0. The Balaban J connectivity index is 2.09. The monoisotopic (exact) mass is 346 g/mol. The number of hydrogen-bond acceptors (Lipinski definition) is 4. The molecule has 124 valence electrons. The summed E-state index contributed by atoms with van der Waals surface area (Å²) in [6.45, 7) is 4.53. The molecule has 8 heteroatoms. The summed E-state index contributed by atoms with van der Waals surface area (Å²) in [6, 6.07) is 6.69. The molecular formula is C14H22N2O4S2. The number of nitrogens with zero attached hydrogens (tertiary/aromatic N) is 2. The average molecular weight is 346 g/mol. The molecular weight excluding hydrogens is 324 g/mol. The van der Waals surface area contributed by atoms with Crippen LogP contribution >= 0.6 is 0 Å². The molecule has 1 aliphatic rings. The molecule has 22 heavy (non-hydrogen) atoms. The Kier molecular flexibility index (Phi) is 5.26. The van der Waals surface area contributed by atoms with Crippen molar-refractivity contribution in [3.8, 4) is 0 Å². The van der Waals surface area contributed by atoms with Gasteiger partial charge in [-0.2, -0.15) is 8.61 Å². The van der Waals surface area contributed by atoms with Crippen LogP contribution < -0.4 is 0 Å². The van der Waals surface area contributed by atoms with Crippen LogP contribution in [-0.2, 0) is 20.0 Å². The Hall–Kier alpha value is -0.960. The molecule has 1 heterocycles. The minimum absolute atomic E-state index is 0.109. The number of sulfonamides is 2. The molecule has 1 saturated heterocycles. The first kappa shape index (κ1) is 17.4. The quantitative estimate of drug-likeness (QED) is 0.798. The fourth-order valence-electron chi connectivity index (χ4n) is 2.43. The average Bonchev–Trinajstić information content (AvgIpc) is 2.48. The highest BCUT2D eigenvalue weighted by Gasteiger charge is 2.32. The van der Waals surface area contributed by atoms with Gasteiger partial charge in [-0.15, -0.1) is 0 Å². The molecule has 1 aromatic carbocycles. The lowest BCUT2D eigenvalue weighted by Crippen LogP contribution is -2.50. The van der Waals surface area contributed by atoms with Gasteiger partial charge in [0.2, 0.25) is 20.0 Å².